The van der Waals surface area contributed by atoms with Crippen molar-refractivity contribution in [2.24, 2.45) is 0 Å². The second kappa shape index (κ2) is 7.99. The highest BCUT2D eigenvalue weighted by Crippen LogP contribution is 2.31. The molecule has 2 aromatic rings. The monoisotopic (exact) mass is 370 g/mol. The lowest BCUT2D eigenvalue weighted by Crippen LogP contribution is -2.39. The first-order valence-electron chi connectivity index (χ1n) is 8.55. The van der Waals surface area contributed by atoms with Crippen LogP contribution in [0.4, 0.5) is 10.1 Å². The van der Waals surface area contributed by atoms with E-state index in [2.05, 4.69) is 5.32 Å². The van der Waals surface area contributed by atoms with Crippen molar-refractivity contribution < 1.29 is 23.5 Å². The number of anilines is 1. The van der Waals surface area contributed by atoms with Crippen LogP contribution in [0.25, 0.3) is 0 Å². The van der Waals surface area contributed by atoms with E-state index in [0.717, 1.165) is 23.7 Å². The first-order valence-corrected chi connectivity index (χ1v) is 8.55. The second-order valence-electron chi connectivity index (χ2n) is 6.27. The predicted molar refractivity (Wildman–Crippen MR) is 96.8 cm³/mol. The van der Waals surface area contributed by atoms with Gasteiger partial charge in [-0.2, -0.15) is 0 Å². The number of esters is 1. The quantitative estimate of drug-likeness (QED) is 0.818. The number of ether oxygens (including phenoxy) is 1. The first-order chi connectivity index (χ1) is 13.0. The van der Waals surface area contributed by atoms with Gasteiger partial charge in [0.05, 0.1) is 5.56 Å². The van der Waals surface area contributed by atoms with Crippen LogP contribution in [-0.2, 0) is 20.7 Å². The summed E-state index contributed by atoms with van der Waals surface area (Å²) in [4.78, 5) is 37.7. The average molecular weight is 370 g/mol. The summed E-state index contributed by atoms with van der Waals surface area (Å²) in [7, 11) is 0. The fourth-order valence-electron chi connectivity index (χ4n) is 3.10. The van der Waals surface area contributed by atoms with Gasteiger partial charge >= 0.3 is 5.97 Å². The molecule has 27 heavy (non-hydrogen) atoms. The van der Waals surface area contributed by atoms with E-state index in [9.17, 15) is 18.8 Å². The summed E-state index contributed by atoms with van der Waals surface area (Å²) in [5, 5.41) is 2.28. The van der Waals surface area contributed by atoms with Crippen molar-refractivity contribution in [3.05, 3.63) is 65.5 Å². The summed E-state index contributed by atoms with van der Waals surface area (Å²) in [6.45, 7) is 1.05. The standard InChI is InChI=1S/C20H19FN2O4/c1-13-10-14-6-2-5-9-17(14)23(13)18(24)12-27-19(25)11-22-20(26)15-7-3-4-8-16(15)21/h2-9,13H,10-12H2,1H3,(H,22,26). The fourth-order valence-corrected chi connectivity index (χ4v) is 3.10. The van der Waals surface area contributed by atoms with E-state index in [1.54, 1.807) is 4.90 Å². The van der Waals surface area contributed by atoms with Crippen molar-refractivity contribution in [2.75, 3.05) is 18.1 Å². The molecule has 7 heteroatoms. The van der Waals surface area contributed by atoms with E-state index >= 15 is 0 Å². The molecule has 1 aliphatic rings. The minimum Gasteiger partial charge on any atom is -0.454 e. The summed E-state index contributed by atoms with van der Waals surface area (Å²) in [6, 6.07) is 13.0. The molecule has 0 aromatic heterocycles. The molecule has 2 aromatic carbocycles. The molecule has 1 N–H and O–H groups in total. The summed E-state index contributed by atoms with van der Waals surface area (Å²) < 4.78 is 18.5. The summed E-state index contributed by atoms with van der Waals surface area (Å²) in [5.41, 5.74) is 1.73. The van der Waals surface area contributed by atoms with Crippen LogP contribution in [0.15, 0.2) is 48.5 Å². The van der Waals surface area contributed by atoms with Crippen LogP contribution in [0.2, 0.25) is 0 Å². The number of carbonyl (C=O) groups is 3. The Bertz CT molecular complexity index is 884. The van der Waals surface area contributed by atoms with Crippen molar-refractivity contribution in [3.63, 3.8) is 0 Å². The zero-order valence-corrected chi connectivity index (χ0v) is 14.8. The molecular formula is C20H19FN2O4. The molecular weight excluding hydrogens is 351 g/mol. The number of para-hydroxylation sites is 1. The van der Waals surface area contributed by atoms with Gasteiger partial charge in [0.25, 0.3) is 11.8 Å². The van der Waals surface area contributed by atoms with Gasteiger partial charge in [0.15, 0.2) is 6.61 Å². The second-order valence-corrected chi connectivity index (χ2v) is 6.27. The third kappa shape index (κ3) is 4.13. The number of fused-ring (bicyclic) bond motifs is 1. The zero-order valence-electron chi connectivity index (χ0n) is 14.8. The highest BCUT2D eigenvalue weighted by atomic mass is 19.1. The number of amides is 2. The Balaban J connectivity index is 1.50. The third-order valence-electron chi connectivity index (χ3n) is 4.34. The molecule has 140 valence electrons. The van der Waals surface area contributed by atoms with Crippen molar-refractivity contribution in [1.82, 2.24) is 5.32 Å². The van der Waals surface area contributed by atoms with Crippen molar-refractivity contribution >= 4 is 23.5 Å². The molecule has 3 rings (SSSR count). The van der Waals surface area contributed by atoms with E-state index in [1.807, 2.05) is 31.2 Å². The summed E-state index contributed by atoms with van der Waals surface area (Å²) >= 11 is 0. The van der Waals surface area contributed by atoms with Gasteiger partial charge in [-0.15, -0.1) is 0 Å². The van der Waals surface area contributed by atoms with Crippen LogP contribution >= 0.6 is 0 Å². The number of rotatable bonds is 5. The number of carbonyl (C=O) groups excluding carboxylic acids is 3. The van der Waals surface area contributed by atoms with Gasteiger partial charge in [0, 0.05) is 11.7 Å². The first kappa shape index (κ1) is 18.6. The maximum atomic E-state index is 13.5. The minimum absolute atomic E-state index is 0.0191. The van der Waals surface area contributed by atoms with Crippen LogP contribution in [0.3, 0.4) is 0 Å². The molecule has 1 unspecified atom stereocenters. The van der Waals surface area contributed by atoms with Crippen LogP contribution in [-0.4, -0.2) is 37.0 Å². The maximum absolute atomic E-state index is 13.5. The molecule has 0 radical (unpaired) electrons. The van der Waals surface area contributed by atoms with Gasteiger partial charge in [-0.05, 0) is 37.1 Å². The normalized spacial score (nSPS) is 15.2. The molecule has 0 saturated carbocycles. The number of nitrogens with one attached hydrogen (secondary N) is 1. The van der Waals surface area contributed by atoms with Crippen LogP contribution < -0.4 is 10.2 Å². The maximum Gasteiger partial charge on any atom is 0.325 e. The van der Waals surface area contributed by atoms with E-state index in [4.69, 9.17) is 4.74 Å². The molecule has 6 nitrogen and oxygen atoms in total. The lowest BCUT2D eigenvalue weighted by molar-refractivity contribution is -0.146. The molecule has 2 amide bonds. The molecule has 1 atom stereocenters. The number of benzene rings is 2. The predicted octanol–water partition coefficient (Wildman–Crippen LogP) is 2.08. The van der Waals surface area contributed by atoms with E-state index < -0.39 is 30.8 Å². The van der Waals surface area contributed by atoms with Crippen LogP contribution in [0.1, 0.15) is 22.8 Å². The van der Waals surface area contributed by atoms with Crippen molar-refractivity contribution in [2.45, 2.75) is 19.4 Å². The lowest BCUT2D eigenvalue weighted by atomic mass is 10.1. The molecule has 0 fully saturated rings. The zero-order chi connectivity index (χ0) is 19.4. The molecule has 0 spiro atoms. The molecule has 1 aliphatic heterocycles. The van der Waals surface area contributed by atoms with Gasteiger partial charge < -0.3 is 15.0 Å². The Morgan fingerprint density at radius 3 is 2.63 bits per heavy atom. The Kier molecular flexibility index (Phi) is 5.49. The Morgan fingerprint density at radius 1 is 1.15 bits per heavy atom. The van der Waals surface area contributed by atoms with E-state index in [1.165, 1.54) is 18.2 Å². The lowest BCUT2D eigenvalue weighted by Gasteiger charge is -2.22. The molecule has 1 heterocycles. The van der Waals surface area contributed by atoms with Crippen LogP contribution in [0, 0.1) is 5.82 Å². The third-order valence-corrected chi connectivity index (χ3v) is 4.34. The molecule has 0 bridgehead atoms. The fraction of sp³-hybridized carbons (Fsp3) is 0.250. The summed E-state index contributed by atoms with van der Waals surface area (Å²) in [5.74, 6) is -2.51. The average Bonchev–Trinajstić information content (AvgIpc) is 3.00. The number of hydrogen-bond acceptors (Lipinski definition) is 4. The number of nitrogens with zero attached hydrogens (tertiary/aromatic N) is 1. The summed E-state index contributed by atoms with van der Waals surface area (Å²) in [6.07, 6.45) is 0.745. The Morgan fingerprint density at radius 2 is 1.85 bits per heavy atom. The van der Waals surface area contributed by atoms with E-state index in [0.29, 0.717) is 0 Å². The minimum atomic E-state index is -0.770. The molecule has 0 aliphatic carbocycles. The SMILES string of the molecule is CC1Cc2ccccc2N1C(=O)COC(=O)CNC(=O)c1ccccc1F. The van der Waals surface area contributed by atoms with Gasteiger partial charge in [-0.1, -0.05) is 30.3 Å². The largest absolute Gasteiger partial charge is 0.454 e. The molecule has 0 saturated heterocycles. The Labute approximate surface area is 155 Å². The van der Waals surface area contributed by atoms with Gasteiger partial charge in [-0.3, -0.25) is 14.4 Å². The Hall–Kier alpha value is -3.22. The van der Waals surface area contributed by atoms with Crippen molar-refractivity contribution in [1.29, 1.82) is 0 Å². The van der Waals surface area contributed by atoms with E-state index in [-0.39, 0.29) is 17.5 Å². The van der Waals surface area contributed by atoms with Gasteiger partial charge in [0.2, 0.25) is 0 Å². The number of hydrogen-bond donors (Lipinski definition) is 1. The van der Waals surface area contributed by atoms with Crippen molar-refractivity contribution in [3.8, 4) is 0 Å². The van der Waals surface area contributed by atoms with Gasteiger partial charge in [0.1, 0.15) is 12.4 Å². The number of halogens is 1. The topological polar surface area (TPSA) is 75.7 Å². The highest BCUT2D eigenvalue weighted by Gasteiger charge is 2.30. The highest BCUT2D eigenvalue weighted by molar-refractivity contribution is 5.98. The van der Waals surface area contributed by atoms with Gasteiger partial charge in [-0.25, -0.2) is 4.39 Å². The smallest absolute Gasteiger partial charge is 0.325 e. The van der Waals surface area contributed by atoms with Crippen LogP contribution in [0.5, 0.6) is 0 Å².